The van der Waals surface area contributed by atoms with Crippen molar-refractivity contribution < 1.29 is 8.42 Å². The molecule has 0 unspecified atom stereocenters. The Morgan fingerprint density at radius 2 is 1.95 bits per heavy atom. The molecule has 20 heavy (non-hydrogen) atoms. The molecule has 8 heteroatoms. The third kappa shape index (κ3) is 3.94. The molecule has 0 aromatic carbocycles. The van der Waals surface area contributed by atoms with Crippen LogP contribution in [0.15, 0.2) is 5.03 Å². The second kappa shape index (κ2) is 7.40. The van der Waals surface area contributed by atoms with Crippen LogP contribution in [0.2, 0.25) is 0 Å². The second-order valence-corrected chi connectivity index (χ2v) is 7.04. The van der Waals surface area contributed by atoms with Crippen LogP contribution in [0.3, 0.4) is 0 Å². The van der Waals surface area contributed by atoms with Crippen molar-refractivity contribution in [1.29, 1.82) is 0 Å². The highest BCUT2D eigenvalue weighted by Gasteiger charge is 2.29. The third-order valence-electron chi connectivity index (χ3n) is 3.12. The van der Waals surface area contributed by atoms with Gasteiger partial charge in [-0.2, -0.15) is 9.40 Å². The molecule has 0 fully saturated rings. The van der Waals surface area contributed by atoms with E-state index in [4.69, 9.17) is 11.6 Å². The van der Waals surface area contributed by atoms with Crippen molar-refractivity contribution in [3.05, 3.63) is 11.3 Å². The summed E-state index contributed by atoms with van der Waals surface area (Å²) >= 11 is 5.83. The van der Waals surface area contributed by atoms with Gasteiger partial charge in [-0.25, -0.2) is 8.42 Å². The Morgan fingerprint density at radius 3 is 2.45 bits per heavy atom. The molecule has 6 nitrogen and oxygen atoms in total. The molecule has 1 heterocycles. The van der Waals surface area contributed by atoms with Gasteiger partial charge in [0.25, 0.3) is 10.0 Å². The van der Waals surface area contributed by atoms with Gasteiger partial charge in [-0.3, -0.25) is 5.10 Å². The van der Waals surface area contributed by atoms with Crippen molar-refractivity contribution in [2.24, 2.45) is 0 Å². The van der Waals surface area contributed by atoms with Gasteiger partial charge in [0.05, 0.1) is 5.88 Å². The number of alkyl halides is 1. The summed E-state index contributed by atoms with van der Waals surface area (Å²) < 4.78 is 26.7. The molecule has 1 aromatic heterocycles. The fourth-order valence-electron chi connectivity index (χ4n) is 1.93. The van der Waals surface area contributed by atoms with Crippen molar-refractivity contribution in [3.8, 4) is 0 Å². The van der Waals surface area contributed by atoms with Crippen molar-refractivity contribution in [1.82, 2.24) is 19.4 Å². The second-order valence-electron chi connectivity index (χ2n) is 4.92. The maximum Gasteiger partial charge on any atom is 0.262 e. The van der Waals surface area contributed by atoms with Crippen LogP contribution in [0.4, 0.5) is 0 Å². The quantitative estimate of drug-likeness (QED) is 0.735. The van der Waals surface area contributed by atoms with Gasteiger partial charge in [0.15, 0.2) is 5.03 Å². The molecule has 0 atom stereocenters. The summed E-state index contributed by atoms with van der Waals surface area (Å²) in [6.45, 7) is 5.33. The standard InChI is InChI=1S/C12H23ClN4O2S/c1-5-17(8-6-7-16(3)4)20(18,19)12-11(9-13)10(2)14-15-12/h5-9H2,1-4H3,(H,14,15). The first-order valence-electron chi connectivity index (χ1n) is 6.59. The zero-order valence-electron chi connectivity index (χ0n) is 12.5. The van der Waals surface area contributed by atoms with E-state index in [-0.39, 0.29) is 10.9 Å². The van der Waals surface area contributed by atoms with Gasteiger partial charge < -0.3 is 4.90 Å². The van der Waals surface area contributed by atoms with Crippen LogP contribution in [-0.2, 0) is 15.9 Å². The van der Waals surface area contributed by atoms with Gasteiger partial charge in [-0.05, 0) is 34.0 Å². The predicted octanol–water partition coefficient (Wildman–Crippen LogP) is 1.42. The van der Waals surface area contributed by atoms with E-state index in [1.54, 1.807) is 6.92 Å². The number of rotatable bonds is 8. The highest BCUT2D eigenvalue weighted by atomic mass is 35.5. The summed E-state index contributed by atoms with van der Waals surface area (Å²) in [5, 5.41) is 6.67. The van der Waals surface area contributed by atoms with Crippen LogP contribution in [0.25, 0.3) is 0 Å². The number of H-pyrrole nitrogens is 1. The first-order valence-corrected chi connectivity index (χ1v) is 8.56. The SMILES string of the molecule is CCN(CCCN(C)C)S(=O)(=O)c1n[nH]c(C)c1CCl. The lowest BCUT2D eigenvalue weighted by atomic mass is 10.3. The topological polar surface area (TPSA) is 69.3 Å². The summed E-state index contributed by atoms with van der Waals surface area (Å²) in [5.74, 6) is 0.131. The third-order valence-corrected chi connectivity index (χ3v) is 5.33. The molecule has 1 aromatic rings. The highest BCUT2D eigenvalue weighted by Crippen LogP contribution is 2.22. The molecule has 1 rings (SSSR count). The molecular weight excluding hydrogens is 300 g/mol. The Morgan fingerprint density at radius 1 is 1.30 bits per heavy atom. The van der Waals surface area contributed by atoms with Crippen molar-refractivity contribution >= 4 is 21.6 Å². The summed E-state index contributed by atoms with van der Waals surface area (Å²) in [6, 6.07) is 0. The Labute approximate surface area is 126 Å². The van der Waals surface area contributed by atoms with E-state index >= 15 is 0 Å². The number of aromatic nitrogens is 2. The number of aryl methyl sites for hydroxylation is 1. The van der Waals surface area contributed by atoms with E-state index in [9.17, 15) is 8.42 Å². The van der Waals surface area contributed by atoms with E-state index in [2.05, 4.69) is 10.2 Å². The monoisotopic (exact) mass is 322 g/mol. The molecule has 116 valence electrons. The van der Waals surface area contributed by atoms with Gasteiger partial charge in [-0.15, -0.1) is 11.6 Å². The highest BCUT2D eigenvalue weighted by molar-refractivity contribution is 7.89. The van der Waals surface area contributed by atoms with Gasteiger partial charge >= 0.3 is 0 Å². The van der Waals surface area contributed by atoms with Crippen LogP contribution >= 0.6 is 11.6 Å². The molecule has 0 saturated carbocycles. The Bertz CT molecular complexity index is 528. The number of halogens is 1. The lowest BCUT2D eigenvalue weighted by Crippen LogP contribution is -2.34. The smallest absolute Gasteiger partial charge is 0.262 e. The number of nitrogens with one attached hydrogen (secondary N) is 1. The molecule has 0 amide bonds. The predicted molar refractivity (Wildman–Crippen MR) is 80.5 cm³/mol. The van der Waals surface area contributed by atoms with Gasteiger partial charge in [-0.1, -0.05) is 6.92 Å². The molecule has 0 aliphatic rings. The van der Waals surface area contributed by atoms with Gasteiger partial charge in [0.1, 0.15) is 0 Å². The maximum absolute atomic E-state index is 12.6. The van der Waals surface area contributed by atoms with E-state index in [1.807, 2.05) is 25.9 Å². The zero-order valence-corrected chi connectivity index (χ0v) is 14.1. The van der Waals surface area contributed by atoms with E-state index < -0.39 is 10.0 Å². The van der Waals surface area contributed by atoms with E-state index in [0.717, 1.165) is 13.0 Å². The first-order chi connectivity index (χ1) is 9.34. The number of hydrogen-bond donors (Lipinski definition) is 1. The first kappa shape index (κ1) is 17.4. The zero-order chi connectivity index (χ0) is 15.3. The minimum atomic E-state index is -3.58. The largest absolute Gasteiger partial charge is 0.309 e. The fraction of sp³-hybridized carbons (Fsp3) is 0.750. The number of hydrogen-bond acceptors (Lipinski definition) is 4. The molecule has 0 aliphatic carbocycles. The summed E-state index contributed by atoms with van der Waals surface area (Å²) in [4.78, 5) is 2.03. The normalized spacial score (nSPS) is 12.6. The van der Waals surface area contributed by atoms with Crippen molar-refractivity contribution in [2.75, 3.05) is 33.7 Å². The molecular formula is C12H23ClN4O2S. The summed E-state index contributed by atoms with van der Waals surface area (Å²) in [5.41, 5.74) is 1.25. The molecule has 0 bridgehead atoms. The lowest BCUT2D eigenvalue weighted by Gasteiger charge is -2.20. The van der Waals surface area contributed by atoms with Gasteiger partial charge in [0.2, 0.25) is 0 Å². The minimum absolute atomic E-state index is 0.0525. The van der Waals surface area contributed by atoms with Crippen LogP contribution in [0.5, 0.6) is 0 Å². The van der Waals surface area contributed by atoms with E-state index in [1.165, 1.54) is 4.31 Å². The van der Waals surface area contributed by atoms with E-state index in [0.29, 0.717) is 24.3 Å². The number of aromatic amines is 1. The average molecular weight is 323 g/mol. The summed E-state index contributed by atoms with van der Waals surface area (Å²) in [7, 11) is 0.348. The molecule has 0 saturated heterocycles. The van der Waals surface area contributed by atoms with Crippen LogP contribution in [0, 0.1) is 6.92 Å². The molecule has 0 spiro atoms. The average Bonchev–Trinajstić information content (AvgIpc) is 2.75. The number of nitrogens with zero attached hydrogens (tertiary/aromatic N) is 3. The Balaban J connectivity index is 2.94. The van der Waals surface area contributed by atoms with Crippen molar-refractivity contribution in [2.45, 2.75) is 31.2 Å². The lowest BCUT2D eigenvalue weighted by molar-refractivity contribution is 0.355. The van der Waals surface area contributed by atoms with Gasteiger partial charge in [0, 0.05) is 24.3 Å². The Hall–Kier alpha value is -0.630. The van der Waals surface area contributed by atoms with Crippen LogP contribution in [-0.4, -0.2) is 61.5 Å². The molecule has 0 aliphatic heterocycles. The van der Waals surface area contributed by atoms with Crippen molar-refractivity contribution in [3.63, 3.8) is 0 Å². The minimum Gasteiger partial charge on any atom is -0.309 e. The summed E-state index contributed by atoms with van der Waals surface area (Å²) in [6.07, 6.45) is 0.777. The molecule has 0 radical (unpaired) electrons. The van der Waals surface area contributed by atoms with Crippen LogP contribution < -0.4 is 0 Å². The fourth-order valence-corrected chi connectivity index (χ4v) is 3.99. The number of sulfonamides is 1. The Kier molecular flexibility index (Phi) is 6.44. The van der Waals surface area contributed by atoms with Crippen LogP contribution in [0.1, 0.15) is 24.6 Å². The molecule has 1 N–H and O–H groups in total. The maximum atomic E-state index is 12.6.